The van der Waals surface area contributed by atoms with Crippen molar-refractivity contribution in [1.29, 1.82) is 0 Å². The maximum atomic E-state index is 13.0. The van der Waals surface area contributed by atoms with Gasteiger partial charge < -0.3 is 15.0 Å². The number of aromatic nitrogens is 1. The zero-order valence-corrected chi connectivity index (χ0v) is 17.7. The normalized spacial score (nSPS) is 15.0. The van der Waals surface area contributed by atoms with Gasteiger partial charge in [0, 0.05) is 33.4 Å². The second kappa shape index (κ2) is 8.79. The van der Waals surface area contributed by atoms with Crippen LogP contribution in [0.15, 0.2) is 41.4 Å². The number of amides is 1. The molecule has 0 bridgehead atoms. The molecule has 2 aromatic rings. The van der Waals surface area contributed by atoms with Crippen LogP contribution in [-0.2, 0) is 10.0 Å². The molecule has 0 unspecified atom stereocenters. The highest BCUT2D eigenvalue weighted by molar-refractivity contribution is 7.89. The van der Waals surface area contributed by atoms with Gasteiger partial charge in [-0.25, -0.2) is 13.4 Å². The molecular weight excluding hydrogens is 392 g/mol. The Balaban J connectivity index is 1.93. The Morgan fingerprint density at radius 2 is 1.90 bits per heavy atom. The first-order chi connectivity index (χ1) is 13.8. The van der Waals surface area contributed by atoms with Crippen molar-refractivity contribution < 1.29 is 17.9 Å². The number of rotatable bonds is 6. The lowest BCUT2D eigenvalue weighted by atomic mass is 10.2. The van der Waals surface area contributed by atoms with Crippen LogP contribution in [0, 0.1) is 0 Å². The summed E-state index contributed by atoms with van der Waals surface area (Å²) in [6.45, 7) is 1.02. The fraction of sp³-hybridized carbons (Fsp3) is 0.400. The first-order valence-corrected chi connectivity index (χ1v) is 10.9. The lowest BCUT2D eigenvalue weighted by molar-refractivity contribution is 0.102. The molecule has 1 aromatic heterocycles. The highest BCUT2D eigenvalue weighted by Crippen LogP contribution is 2.30. The van der Waals surface area contributed by atoms with E-state index in [1.807, 2.05) is 0 Å². The van der Waals surface area contributed by atoms with E-state index in [1.54, 1.807) is 43.4 Å². The molecule has 1 aliphatic heterocycles. The molecule has 9 heteroatoms. The number of nitrogens with zero attached hydrogens (tertiary/aromatic N) is 3. The van der Waals surface area contributed by atoms with Crippen LogP contribution in [-0.4, -0.2) is 57.9 Å². The van der Waals surface area contributed by atoms with E-state index in [9.17, 15) is 13.2 Å². The molecule has 1 saturated heterocycles. The van der Waals surface area contributed by atoms with Gasteiger partial charge in [0.05, 0.1) is 23.3 Å². The molecular formula is C20H26N4O4S. The fourth-order valence-corrected chi connectivity index (χ4v) is 4.86. The Labute approximate surface area is 171 Å². The van der Waals surface area contributed by atoms with Crippen molar-refractivity contribution in [3.63, 3.8) is 0 Å². The number of ether oxygens (including phenoxy) is 1. The predicted octanol–water partition coefficient (Wildman–Crippen LogP) is 2.58. The molecule has 1 N–H and O–H groups in total. The van der Waals surface area contributed by atoms with E-state index in [2.05, 4.69) is 10.3 Å². The Hall–Kier alpha value is -2.65. The molecule has 1 amide bonds. The number of benzene rings is 1. The Bertz CT molecular complexity index is 986. The first-order valence-electron chi connectivity index (χ1n) is 9.46. The van der Waals surface area contributed by atoms with Gasteiger partial charge in [-0.15, -0.1) is 0 Å². The van der Waals surface area contributed by atoms with Crippen molar-refractivity contribution in [2.45, 2.75) is 24.2 Å². The van der Waals surface area contributed by atoms with Crippen LogP contribution in [0.1, 0.15) is 29.6 Å². The standard InChI is InChI=1S/C20H26N4O4S/c1-23(2)19-16(8-7-11-21-19)20(25)22-17-14-15(9-10-18(17)28-3)29(26,27)24-12-5-4-6-13-24/h7-11,14H,4-6,12-13H2,1-3H3,(H,22,25). The molecule has 1 aliphatic rings. The van der Waals surface area contributed by atoms with Crippen molar-refractivity contribution in [3.05, 3.63) is 42.1 Å². The summed E-state index contributed by atoms with van der Waals surface area (Å²) in [5, 5.41) is 2.77. The van der Waals surface area contributed by atoms with Gasteiger partial charge in [0.15, 0.2) is 0 Å². The van der Waals surface area contributed by atoms with Gasteiger partial charge in [-0.2, -0.15) is 4.31 Å². The molecule has 1 fully saturated rings. The maximum Gasteiger partial charge on any atom is 0.259 e. The summed E-state index contributed by atoms with van der Waals surface area (Å²) in [5.41, 5.74) is 0.674. The van der Waals surface area contributed by atoms with Gasteiger partial charge in [0.2, 0.25) is 10.0 Å². The quantitative estimate of drug-likeness (QED) is 0.775. The molecule has 0 radical (unpaired) electrons. The van der Waals surface area contributed by atoms with E-state index in [0.29, 0.717) is 35.9 Å². The van der Waals surface area contributed by atoms with Crippen molar-refractivity contribution in [2.75, 3.05) is 44.5 Å². The molecule has 8 nitrogen and oxygen atoms in total. The number of methoxy groups -OCH3 is 1. The minimum absolute atomic E-state index is 0.134. The predicted molar refractivity (Wildman–Crippen MR) is 112 cm³/mol. The minimum Gasteiger partial charge on any atom is -0.495 e. The number of nitrogens with one attached hydrogen (secondary N) is 1. The Kier molecular flexibility index (Phi) is 6.39. The number of sulfonamides is 1. The van der Waals surface area contributed by atoms with Crippen LogP contribution < -0.4 is 15.0 Å². The Morgan fingerprint density at radius 3 is 2.55 bits per heavy atom. The number of hydrogen-bond donors (Lipinski definition) is 1. The number of hydrogen-bond acceptors (Lipinski definition) is 6. The van der Waals surface area contributed by atoms with Crippen molar-refractivity contribution in [1.82, 2.24) is 9.29 Å². The highest BCUT2D eigenvalue weighted by Gasteiger charge is 2.27. The number of anilines is 2. The number of pyridine rings is 1. The van der Waals surface area contributed by atoms with E-state index in [-0.39, 0.29) is 4.90 Å². The lowest BCUT2D eigenvalue weighted by Gasteiger charge is -2.26. The van der Waals surface area contributed by atoms with Gasteiger partial charge in [-0.05, 0) is 43.2 Å². The lowest BCUT2D eigenvalue weighted by Crippen LogP contribution is -2.35. The summed E-state index contributed by atoms with van der Waals surface area (Å²) in [4.78, 5) is 19.0. The zero-order chi connectivity index (χ0) is 21.0. The molecule has 0 saturated carbocycles. The van der Waals surface area contributed by atoms with Gasteiger partial charge >= 0.3 is 0 Å². The van der Waals surface area contributed by atoms with Crippen LogP contribution in [0.4, 0.5) is 11.5 Å². The third-order valence-electron chi connectivity index (χ3n) is 4.83. The molecule has 0 atom stereocenters. The molecule has 29 heavy (non-hydrogen) atoms. The minimum atomic E-state index is -3.63. The molecule has 1 aromatic carbocycles. The smallest absolute Gasteiger partial charge is 0.259 e. The highest BCUT2D eigenvalue weighted by atomic mass is 32.2. The van der Waals surface area contributed by atoms with Gasteiger partial charge in [0.1, 0.15) is 11.6 Å². The summed E-state index contributed by atoms with van der Waals surface area (Å²) in [7, 11) is 1.44. The van der Waals surface area contributed by atoms with Crippen LogP contribution in [0.5, 0.6) is 5.75 Å². The SMILES string of the molecule is COc1ccc(S(=O)(=O)N2CCCCC2)cc1NC(=O)c1cccnc1N(C)C. The summed E-state index contributed by atoms with van der Waals surface area (Å²) < 4.78 is 32.8. The van der Waals surface area contributed by atoms with Crippen molar-refractivity contribution in [3.8, 4) is 5.75 Å². The van der Waals surface area contributed by atoms with Crippen molar-refractivity contribution >= 4 is 27.4 Å². The third-order valence-corrected chi connectivity index (χ3v) is 6.72. The van der Waals surface area contributed by atoms with Gasteiger partial charge in [-0.1, -0.05) is 6.42 Å². The molecule has 156 valence electrons. The molecule has 0 spiro atoms. The number of piperidine rings is 1. The summed E-state index contributed by atoms with van der Waals surface area (Å²) in [6, 6.07) is 7.86. The summed E-state index contributed by atoms with van der Waals surface area (Å²) in [6.07, 6.45) is 4.36. The van der Waals surface area contributed by atoms with Gasteiger partial charge in [-0.3, -0.25) is 4.79 Å². The van der Waals surface area contributed by atoms with E-state index < -0.39 is 15.9 Å². The Morgan fingerprint density at radius 1 is 1.17 bits per heavy atom. The second-order valence-corrected chi connectivity index (χ2v) is 8.99. The molecule has 3 rings (SSSR count). The number of carbonyl (C=O) groups is 1. The topological polar surface area (TPSA) is 91.8 Å². The fourth-order valence-electron chi connectivity index (χ4n) is 3.32. The zero-order valence-electron chi connectivity index (χ0n) is 16.9. The van der Waals surface area contributed by atoms with E-state index in [0.717, 1.165) is 19.3 Å². The van der Waals surface area contributed by atoms with E-state index in [1.165, 1.54) is 23.5 Å². The van der Waals surface area contributed by atoms with Crippen LogP contribution >= 0.6 is 0 Å². The largest absolute Gasteiger partial charge is 0.495 e. The summed E-state index contributed by atoms with van der Waals surface area (Å²) >= 11 is 0. The van der Waals surface area contributed by atoms with Gasteiger partial charge in [0.25, 0.3) is 5.91 Å². The molecule has 0 aliphatic carbocycles. The first kappa shape index (κ1) is 21.1. The maximum absolute atomic E-state index is 13.0. The average Bonchev–Trinajstić information content (AvgIpc) is 2.74. The van der Waals surface area contributed by atoms with E-state index >= 15 is 0 Å². The summed E-state index contributed by atoms with van der Waals surface area (Å²) in [5.74, 6) is 0.500. The third kappa shape index (κ3) is 4.51. The monoisotopic (exact) mass is 418 g/mol. The van der Waals surface area contributed by atoms with E-state index in [4.69, 9.17) is 4.74 Å². The van der Waals surface area contributed by atoms with Crippen LogP contribution in [0.2, 0.25) is 0 Å². The average molecular weight is 419 g/mol. The van der Waals surface area contributed by atoms with Crippen LogP contribution in [0.25, 0.3) is 0 Å². The van der Waals surface area contributed by atoms with Crippen LogP contribution in [0.3, 0.4) is 0 Å². The van der Waals surface area contributed by atoms with Crippen molar-refractivity contribution in [2.24, 2.45) is 0 Å². The molecule has 2 heterocycles. The number of carbonyl (C=O) groups excluding carboxylic acids is 1. The second-order valence-electron chi connectivity index (χ2n) is 7.05.